The highest BCUT2D eigenvalue weighted by Gasteiger charge is 2.00. The van der Waals surface area contributed by atoms with E-state index < -0.39 is 0 Å². The fourth-order valence-electron chi connectivity index (χ4n) is 0.763. The Bertz CT molecular complexity index is 261. The van der Waals surface area contributed by atoms with Crippen LogP contribution < -0.4 is 0 Å². The van der Waals surface area contributed by atoms with Gasteiger partial charge >= 0.3 is 0 Å². The molecule has 1 rings (SSSR count). The van der Waals surface area contributed by atoms with Gasteiger partial charge in [-0.25, -0.2) is 4.68 Å². The topological polar surface area (TPSA) is 30.7 Å². The van der Waals surface area contributed by atoms with Gasteiger partial charge < -0.3 is 0 Å². The van der Waals surface area contributed by atoms with Crippen LogP contribution >= 0.6 is 0 Å². The summed E-state index contributed by atoms with van der Waals surface area (Å²) in [6.07, 6.45) is 3.36. The van der Waals surface area contributed by atoms with E-state index in [1.165, 1.54) is 0 Å². The first kappa shape index (κ1) is 10.6. The molecule has 0 N–H and O–H groups in total. The molecule has 0 unspecified atom stereocenters. The minimum atomic E-state index is 0.775. The first-order valence-corrected chi connectivity index (χ1v) is 3.94. The standard InChI is InChI=1S/C7H9N3.C2H6/c1-4-6-7(5-2)10(3)9-8-6;1-2/h4-5H,1-2H2,3H3;1-2H3. The average Bonchev–Trinajstić information content (AvgIpc) is 2.49. The molecular formula is C9H15N3. The Morgan fingerprint density at radius 3 is 2.17 bits per heavy atom. The summed E-state index contributed by atoms with van der Waals surface area (Å²) >= 11 is 0. The molecule has 0 aliphatic rings. The van der Waals surface area contributed by atoms with Crippen molar-refractivity contribution in [1.29, 1.82) is 0 Å². The monoisotopic (exact) mass is 165 g/mol. The van der Waals surface area contributed by atoms with E-state index in [2.05, 4.69) is 23.5 Å². The third-order valence-corrected chi connectivity index (χ3v) is 1.28. The molecule has 0 aliphatic carbocycles. The Kier molecular flexibility index (Phi) is 4.69. The third kappa shape index (κ3) is 2.05. The Hall–Kier alpha value is -1.38. The van der Waals surface area contributed by atoms with E-state index in [-0.39, 0.29) is 0 Å². The van der Waals surface area contributed by atoms with Crippen molar-refractivity contribution in [3.63, 3.8) is 0 Å². The summed E-state index contributed by atoms with van der Waals surface area (Å²) in [4.78, 5) is 0. The molecular weight excluding hydrogens is 150 g/mol. The Morgan fingerprint density at radius 2 is 1.83 bits per heavy atom. The number of aromatic nitrogens is 3. The molecule has 0 aromatic carbocycles. The largest absolute Gasteiger partial charge is 0.248 e. The first-order valence-electron chi connectivity index (χ1n) is 3.94. The van der Waals surface area contributed by atoms with Gasteiger partial charge in [0.15, 0.2) is 0 Å². The SMILES string of the molecule is C=Cc1nnn(C)c1C=C.CC. The van der Waals surface area contributed by atoms with Gasteiger partial charge in [0, 0.05) is 7.05 Å². The summed E-state index contributed by atoms with van der Waals surface area (Å²) in [5, 5.41) is 7.61. The fourth-order valence-corrected chi connectivity index (χ4v) is 0.763. The zero-order valence-corrected chi connectivity index (χ0v) is 7.91. The van der Waals surface area contributed by atoms with Crippen molar-refractivity contribution in [1.82, 2.24) is 15.0 Å². The van der Waals surface area contributed by atoms with Crippen LogP contribution in [0.1, 0.15) is 25.2 Å². The number of hydrogen-bond donors (Lipinski definition) is 0. The van der Waals surface area contributed by atoms with E-state index in [0.29, 0.717) is 0 Å². The second-order valence-electron chi connectivity index (χ2n) is 1.89. The lowest BCUT2D eigenvalue weighted by Gasteiger charge is -1.90. The van der Waals surface area contributed by atoms with Crippen LogP contribution in [0.25, 0.3) is 12.2 Å². The molecule has 3 nitrogen and oxygen atoms in total. The molecule has 0 radical (unpaired) electrons. The number of nitrogens with zero attached hydrogens (tertiary/aromatic N) is 3. The second kappa shape index (κ2) is 5.29. The predicted octanol–water partition coefficient (Wildman–Crippen LogP) is 2.13. The third-order valence-electron chi connectivity index (χ3n) is 1.28. The van der Waals surface area contributed by atoms with Crippen LogP contribution in [0.5, 0.6) is 0 Å². The zero-order valence-electron chi connectivity index (χ0n) is 7.91. The molecule has 0 atom stereocenters. The van der Waals surface area contributed by atoms with Crippen molar-refractivity contribution < 1.29 is 0 Å². The Labute approximate surface area is 73.4 Å². The van der Waals surface area contributed by atoms with Gasteiger partial charge in [-0.1, -0.05) is 32.2 Å². The van der Waals surface area contributed by atoms with Crippen LogP contribution in [-0.2, 0) is 7.05 Å². The first-order chi connectivity index (χ1) is 5.79. The van der Waals surface area contributed by atoms with Crippen molar-refractivity contribution in [3.8, 4) is 0 Å². The van der Waals surface area contributed by atoms with Gasteiger partial charge in [0.25, 0.3) is 0 Å². The van der Waals surface area contributed by atoms with Gasteiger partial charge in [0.2, 0.25) is 0 Å². The molecule has 66 valence electrons. The van der Waals surface area contributed by atoms with Gasteiger partial charge in [-0.05, 0) is 12.2 Å². The minimum absolute atomic E-state index is 0.775. The summed E-state index contributed by atoms with van der Waals surface area (Å²) < 4.78 is 1.66. The highest BCUT2D eigenvalue weighted by Crippen LogP contribution is 2.05. The van der Waals surface area contributed by atoms with E-state index in [9.17, 15) is 0 Å². The molecule has 0 spiro atoms. The van der Waals surface area contributed by atoms with Crippen LogP contribution in [0.2, 0.25) is 0 Å². The molecule has 0 saturated carbocycles. The number of hydrogen-bond acceptors (Lipinski definition) is 2. The molecule has 1 heterocycles. The average molecular weight is 165 g/mol. The summed E-state index contributed by atoms with van der Waals surface area (Å²) in [7, 11) is 1.82. The molecule has 0 bridgehead atoms. The molecule has 12 heavy (non-hydrogen) atoms. The number of rotatable bonds is 2. The second-order valence-corrected chi connectivity index (χ2v) is 1.89. The Morgan fingerprint density at radius 1 is 1.25 bits per heavy atom. The summed E-state index contributed by atoms with van der Waals surface area (Å²) in [6, 6.07) is 0. The fraction of sp³-hybridized carbons (Fsp3) is 0.333. The van der Waals surface area contributed by atoms with Crippen LogP contribution in [-0.4, -0.2) is 15.0 Å². The van der Waals surface area contributed by atoms with Crippen molar-refractivity contribution >= 4 is 12.2 Å². The van der Waals surface area contributed by atoms with Crippen molar-refractivity contribution in [2.24, 2.45) is 7.05 Å². The molecule has 0 amide bonds. The van der Waals surface area contributed by atoms with Crippen LogP contribution in [0, 0.1) is 0 Å². The van der Waals surface area contributed by atoms with Crippen LogP contribution in [0.15, 0.2) is 13.2 Å². The molecule has 1 aromatic heterocycles. The summed E-state index contributed by atoms with van der Waals surface area (Å²) in [5.41, 5.74) is 1.67. The number of aryl methyl sites for hydroxylation is 1. The highest BCUT2D eigenvalue weighted by atomic mass is 15.4. The van der Waals surface area contributed by atoms with Crippen LogP contribution in [0.3, 0.4) is 0 Å². The van der Waals surface area contributed by atoms with E-state index in [0.717, 1.165) is 11.4 Å². The van der Waals surface area contributed by atoms with Crippen molar-refractivity contribution in [3.05, 3.63) is 24.5 Å². The van der Waals surface area contributed by atoms with Gasteiger partial charge in [0.1, 0.15) is 5.69 Å². The normalized spacial score (nSPS) is 8.25. The maximum absolute atomic E-state index is 3.83. The van der Waals surface area contributed by atoms with Crippen molar-refractivity contribution in [2.75, 3.05) is 0 Å². The van der Waals surface area contributed by atoms with Gasteiger partial charge in [-0.2, -0.15) is 0 Å². The lowest BCUT2D eigenvalue weighted by Crippen LogP contribution is -1.92. The molecule has 0 saturated heterocycles. The van der Waals surface area contributed by atoms with E-state index in [4.69, 9.17) is 0 Å². The Balaban J connectivity index is 0.000000561. The van der Waals surface area contributed by atoms with Gasteiger partial charge in [-0.3, -0.25) is 0 Å². The predicted molar refractivity (Wildman–Crippen MR) is 52.5 cm³/mol. The quantitative estimate of drug-likeness (QED) is 0.672. The van der Waals surface area contributed by atoms with E-state index >= 15 is 0 Å². The smallest absolute Gasteiger partial charge is 0.112 e. The maximum Gasteiger partial charge on any atom is 0.112 e. The lowest BCUT2D eigenvalue weighted by atomic mass is 10.3. The molecule has 1 aromatic rings. The van der Waals surface area contributed by atoms with E-state index in [1.807, 2.05) is 20.9 Å². The maximum atomic E-state index is 3.83. The molecule has 3 heteroatoms. The van der Waals surface area contributed by atoms with Crippen LogP contribution in [0.4, 0.5) is 0 Å². The molecule has 0 fully saturated rings. The van der Waals surface area contributed by atoms with E-state index in [1.54, 1.807) is 16.8 Å². The summed E-state index contributed by atoms with van der Waals surface area (Å²) in [6.45, 7) is 11.2. The van der Waals surface area contributed by atoms with Gasteiger partial charge in [0.05, 0.1) is 5.69 Å². The van der Waals surface area contributed by atoms with Crippen molar-refractivity contribution in [2.45, 2.75) is 13.8 Å². The minimum Gasteiger partial charge on any atom is -0.248 e. The molecule has 0 aliphatic heterocycles. The highest BCUT2D eigenvalue weighted by molar-refractivity contribution is 5.56. The lowest BCUT2D eigenvalue weighted by molar-refractivity contribution is 0.709. The summed E-state index contributed by atoms with van der Waals surface area (Å²) in [5.74, 6) is 0. The van der Waals surface area contributed by atoms with Gasteiger partial charge in [-0.15, -0.1) is 5.10 Å². The zero-order chi connectivity index (χ0) is 9.56.